The fraction of sp³-hybridized carbons (Fsp3) is 0.938. The molecule has 0 radical (unpaired) electrons. The summed E-state index contributed by atoms with van der Waals surface area (Å²) in [4.78, 5) is 14.2. The van der Waals surface area contributed by atoms with Gasteiger partial charge in [-0.15, -0.1) is 0 Å². The van der Waals surface area contributed by atoms with Crippen LogP contribution in [0.15, 0.2) is 0 Å². The van der Waals surface area contributed by atoms with Crippen LogP contribution in [-0.2, 0) is 4.79 Å². The van der Waals surface area contributed by atoms with Gasteiger partial charge in [-0.2, -0.15) is 0 Å². The van der Waals surface area contributed by atoms with E-state index in [1.165, 1.54) is 19.4 Å². The highest BCUT2D eigenvalue weighted by molar-refractivity contribution is 5.84. The van der Waals surface area contributed by atoms with E-state index in [1.54, 1.807) is 0 Å². The van der Waals surface area contributed by atoms with Gasteiger partial charge in [-0.25, -0.2) is 0 Å². The lowest BCUT2D eigenvalue weighted by Crippen LogP contribution is -2.53. The fourth-order valence-electron chi connectivity index (χ4n) is 2.53. The van der Waals surface area contributed by atoms with Crippen LogP contribution in [0.4, 0.5) is 0 Å². The standard InChI is InChI=1S/C16H33N3O/c1-5-10-18-16(4,15(17)20)9-6-11-19(13(2)3)12-14-7-8-14/h13-14,18H,5-12H2,1-4H3,(H2,17,20). The Kier molecular flexibility index (Phi) is 6.96. The van der Waals surface area contributed by atoms with Crippen LogP contribution < -0.4 is 11.1 Å². The van der Waals surface area contributed by atoms with Crippen molar-refractivity contribution < 1.29 is 4.79 Å². The molecule has 20 heavy (non-hydrogen) atoms. The number of nitrogens with zero attached hydrogens (tertiary/aromatic N) is 1. The summed E-state index contributed by atoms with van der Waals surface area (Å²) in [5, 5.41) is 3.31. The molecule has 0 heterocycles. The Bertz CT molecular complexity index is 302. The lowest BCUT2D eigenvalue weighted by molar-refractivity contribution is -0.124. The molecule has 0 spiro atoms. The van der Waals surface area contributed by atoms with Crippen molar-refractivity contribution in [3.8, 4) is 0 Å². The first-order valence-electron chi connectivity index (χ1n) is 8.18. The first-order valence-corrected chi connectivity index (χ1v) is 8.18. The van der Waals surface area contributed by atoms with Crippen LogP contribution in [0.2, 0.25) is 0 Å². The largest absolute Gasteiger partial charge is 0.368 e. The third kappa shape index (κ3) is 5.80. The summed E-state index contributed by atoms with van der Waals surface area (Å²) >= 11 is 0. The average molecular weight is 283 g/mol. The van der Waals surface area contributed by atoms with Gasteiger partial charge in [0.25, 0.3) is 0 Å². The number of primary amides is 1. The number of hydrogen-bond donors (Lipinski definition) is 2. The topological polar surface area (TPSA) is 58.4 Å². The van der Waals surface area contributed by atoms with E-state index in [2.05, 4.69) is 31.0 Å². The molecule has 0 bridgehead atoms. The fourth-order valence-corrected chi connectivity index (χ4v) is 2.53. The molecular formula is C16H33N3O. The lowest BCUT2D eigenvalue weighted by Gasteiger charge is -2.31. The molecule has 118 valence electrons. The molecule has 1 unspecified atom stereocenters. The van der Waals surface area contributed by atoms with Crippen LogP contribution in [0.1, 0.15) is 59.8 Å². The van der Waals surface area contributed by atoms with Crippen LogP contribution in [0.25, 0.3) is 0 Å². The van der Waals surface area contributed by atoms with Crippen molar-refractivity contribution in [2.45, 2.75) is 71.4 Å². The summed E-state index contributed by atoms with van der Waals surface area (Å²) in [7, 11) is 0. The molecule has 0 aromatic heterocycles. The summed E-state index contributed by atoms with van der Waals surface area (Å²) in [5.74, 6) is 0.683. The summed E-state index contributed by atoms with van der Waals surface area (Å²) in [6, 6.07) is 0.582. The van der Waals surface area contributed by atoms with Crippen molar-refractivity contribution in [2.24, 2.45) is 11.7 Å². The first-order chi connectivity index (χ1) is 9.39. The molecule has 0 aromatic rings. The maximum absolute atomic E-state index is 11.7. The maximum atomic E-state index is 11.7. The number of rotatable bonds is 11. The van der Waals surface area contributed by atoms with E-state index >= 15 is 0 Å². The highest BCUT2D eigenvalue weighted by Crippen LogP contribution is 2.30. The van der Waals surface area contributed by atoms with Crippen molar-refractivity contribution in [3.63, 3.8) is 0 Å². The SMILES string of the molecule is CCCNC(C)(CCCN(CC1CC1)C(C)C)C(N)=O. The zero-order chi connectivity index (χ0) is 15.2. The monoisotopic (exact) mass is 283 g/mol. The minimum atomic E-state index is -0.557. The van der Waals surface area contributed by atoms with Gasteiger partial charge in [-0.1, -0.05) is 6.92 Å². The molecule has 1 aliphatic rings. The smallest absolute Gasteiger partial charge is 0.237 e. The van der Waals surface area contributed by atoms with Gasteiger partial charge in [0.05, 0.1) is 5.54 Å². The van der Waals surface area contributed by atoms with E-state index < -0.39 is 5.54 Å². The maximum Gasteiger partial charge on any atom is 0.237 e. The minimum Gasteiger partial charge on any atom is -0.368 e. The van der Waals surface area contributed by atoms with E-state index in [1.807, 2.05) is 6.92 Å². The Morgan fingerprint density at radius 3 is 2.55 bits per heavy atom. The van der Waals surface area contributed by atoms with Gasteiger partial charge in [0, 0.05) is 12.6 Å². The van der Waals surface area contributed by atoms with Gasteiger partial charge in [-0.05, 0) is 71.9 Å². The molecule has 0 saturated heterocycles. The average Bonchev–Trinajstić information content (AvgIpc) is 3.18. The summed E-state index contributed by atoms with van der Waals surface area (Å²) in [6.45, 7) is 11.7. The number of carbonyl (C=O) groups is 1. The van der Waals surface area contributed by atoms with E-state index in [4.69, 9.17) is 5.73 Å². The second kappa shape index (κ2) is 7.99. The number of amides is 1. The first kappa shape index (κ1) is 17.4. The van der Waals surface area contributed by atoms with Crippen LogP contribution in [-0.4, -0.2) is 42.0 Å². The predicted octanol–water partition coefficient (Wildman–Crippen LogP) is 2.13. The highest BCUT2D eigenvalue weighted by Gasteiger charge is 2.30. The number of carbonyl (C=O) groups excluding carboxylic acids is 1. The molecule has 1 rings (SSSR count). The van der Waals surface area contributed by atoms with Gasteiger partial charge in [-0.3, -0.25) is 4.79 Å². The zero-order valence-corrected chi connectivity index (χ0v) is 13.7. The van der Waals surface area contributed by atoms with Crippen molar-refractivity contribution in [3.05, 3.63) is 0 Å². The summed E-state index contributed by atoms with van der Waals surface area (Å²) in [6.07, 6.45) is 5.63. The Morgan fingerprint density at radius 2 is 2.10 bits per heavy atom. The molecule has 1 atom stereocenters. The predicted molar refractivity (Wildman–Crippen MR) is 84.6 cm³/mol. The normalized spacial score (nSPS) is 18.5. The van der Waals surface area contributed by atoms with Gasteiger partial charge >= 0.3 is 0 Å². The molecule has 0 aromatic carbocycles. The molecule has 1 fully saturated rings. The van der Waals surface area contributed by atoms with E-state index in [0.717, 1.165) is 38.3 Å². The summed E-state index contributed by atoms with van der Waals surface area (Å²) < 4.78 is 0. The minimum absolute atomic E-state index is 0.232. The molecule has 1 amide bonds. The van der Waals surface area contributed by atoms with E-state index in [-0.39, 0.29) is 5.91 Å². The zero-order valence-electron chi connectivity index (χ0n) is 13.7. The van der Waals surface area contributed by atoms with Gasteiger partial charge in [0.2, 0.25) is 5.91 Å². The van der Waals surface area contributed by atoms with Crippen molar-refractivity contribution >= 4 is 5.91 Å². The quantitative estimate of drug-likeness (QED) is 0.611. The second-order valence-electron chi connectivity index (χ2n) is 6.76. The van der Waals surface area contributed by atoms with Crippen LogP contribution in [0, 0.1) is 5.92 Å². The second-order valence-corrected chi connectivity index (χ2v) is 6.76. The van der Waals surface area contributed by atoms with Crippen molar-refractivity contribution in [1.29, 1.82) is 0 Å². The molecule has 3 N–H and O–H groups in total. The molecule has 0 aliphatic heterocycles. The Morgan fingerprint density at radius 1 is 1.45 bits per heavy atom. The third-order valence-corrected chi connectivity index (χ3v) is 4.35. The molecule has 1 aliphatic carbocycles. The Balaban J connectivity index is 2.38. The van der Waals surface area contributed by atoms with Gasteiger partial charge in [0.15, 0.2) is 0 Å². The van der Waals surface area contributed by atoms with Crippen LogP contribution >= 0.6 is 0 Å². The molecular weight excluding hydrogens is 250 g/mol. The van der Waals surface area contributed by atoms with E-state index in [0.29, 0.717) is 6.04 Å². The molecule has 1 saturated carbocycles. The number of nitrogens with two attached hydrogens (primary N) is 1. The lowest BCUT2D eigenvalue weighted by atomic mass is 9.94. The highest BCUT2D eigenvalue weighted by atomic mass is 16.1. The van der Waals surface area contributed by atoms with Gasteiger partial charge in [0.1, 0.15) is 0 Å². The Labute approximate surface area is 124 Å². The number of hydrogen-bond acceptors (Lipinski definition) is 3. The summed E-state index contributed by atoms with van der Waals surface area (Å²) in [5.41, 5.74) is 5.01. The van der Waals surface area contributed by atoms with Crippen molar-refractivity contribution in [1.82, 2.24) is 10.2 Å². The van der Waals surface area contributed by atoms with Crippen molar-refractivity contribution in [2.75, 3.05) is 19.6 Å². The van der Waals surface area contributed by atoms with Gasteiger partial charge < -0.3 is 16.0 Å². The van der Waals surface area contributed by atoms with E-state index in [9.17, 15) is 4.79 Å². The van der Waals surface area contributed by atoms with Crippen LogP contribution in [0.5, 0.6) is 0 Å². The third-order valence-electron chi connectivity index (χ3n) is 4.35. The number of nitrogens with one attached hydrogen (secondary N) is 1. The van der Waals surface area contributed by atoms with Crippen LogP contribution in [0.3, 0.4) is 0 Å². The molecule has 4 heteroatoms. The molecule has 4 nitrogen and oxygen atoms in total. The Hall–Kier alpha value is -0.610.